The number of ether oxygens (including phenoxy) is 1. The maximum Gasteiger partial charge on any atom is 0.259 e. The molecule has 0 radical (unpaired) electrons. The number of nitrogens with one attached hydrogen (secondary N) is 2. The van der Waals surface area contributed by atoms with E-state index in [9.17, 15) is 14.0 Å². The highest BCUT2D eigenvalue weighted by molar-refractivity contribution is 6.30. The molecule has 0 fully saturated rings. The van der Waals surface area contributed by atoms with Gasteiger partial charge >= 0.3 is 0 Å². The average Bonchev–Trinajstić information content (AvgIpc) is 2.78. The van der Waals surface area contributed by atoms with E-state index in [4.69, 9.17) is 16.3 Å². The van der Waals surface area contributed by atoms with Crippen LogP contribution in [0.15, 0.2) is 77.9 Å². The SMILES string of the molecule is O=C(CNC(=O)c1ccc(F)cc1)NN=Cc1cccc(OCc2ccc(Cl)cc2)c1. The molecule has 0 bridgehead atoms. The molecule has 3 rings (SSSR count). The molecular weight excluding hydrogens is 421 g/mol. The third-order valence-electron chi connectivity index (χ3n) is 4.10. The fourth-order valence-electron chi connectivity index (χ4n) is 2.51. The number of rotatable bonds is 8. The molecule has 0 atom stereocenters. The number of nitrogens with zero attached hydrogens (tertiary/aromatic N) is 1. The van der Waals surface area contributed by atoms with E-state index in [1.165, 1.54) is 30.5 Å². The third-order valence-corrected chi connectivity index (χ3v) is 4.35. The second-order valence-electron chi connectivity index (χ2n) is 6.47. The number of hydrogen-bond acceptors (Lipinski definition) is 4. The number of hydrazone groups is 1. The van der Waals surface area contributed by atoms with Crippen LogP contribution in [0.25, 0.3) is 0 Å². The number of carbonyl (C=O) groups is 2. The fourth-order valence-corrected chi connectivity index (χ4v) is 2.64. The van der Waals surface area contributed by atoms with Gasteiger partial charge in [0.05, 0.1) is 12.8 Å². The number of carbonyl (C=O) groups excluding carboxylic acids is 2. The molecule has 0 aliphatic carbocycles. The van der Waals surface area contributed by atoms with Gasteiger partial charge in [-0.1, -0.05) is 35.9 Å². The Morgan fingerprint density at radius 1 is 1.03 bits per heavy atom. The van der Waals surface area contributed by atoms with Gasteiger partial charge in [-0.05, 0) is 59.7 Å². The second-order valence-corrected chi connectivity index (χ2v) is 6.91. The highest BCUT2D eigenvalue weighted by Crippen LogP contribution is 2.15. The van der Waals surface area contributed by atoms with Crippen LogP contribution >= 0.6 is 11.6 Å². The van der Waals surface area contributed by atoms with Gasteiger partial charge in [0.2, 0.25) is 0 Å². The van der Waals surface area contributed by atoms with Crippen LogP contribution in [-0.2, 0) is 11.4 Å². The minimum atomic E-state index is -0.498. The summed E-state index contributed by atoms with van der Waals surface area (Å²) in [5.74, 6) is -0.772. The van der Waals surface area contributed by atoms with E-state index in [1.54, 1.807) is 24.3 Å². The number of halogens is 2. The van der Waals surface area contributed by atoms with Crippen LogP contribution < -0.4 is 15.5 Å². The van der Waals surface area contributed by atoms with Gasteiger partial charge in [0.1, 0.15) is 18.2 Å². The quantitative estimate of drug-likeness (QED) is 0.412. The van der Waals surface area contributed by atoms with E-state index in [2.05, 4.69) is 15.8 Å². The van der Waals surface area contributed by atoms with Gasteiger partial charge in [0, 0.05) is 10.6 Å². The fraction of sp³-hybridized carbons (Fsp3) is 0.0870. The van der Waals surface area contributed by atoms with Gasteiger partial charge in [0.25, 0.3) is 11.8 Å². The molecule has 0 aliphatic rings. The summed E-state index contributed by atoms with van der Waals surface area (Å²) in [6.45, 7) is 0.125. The first-order chi connectivity index (χ1) is 15.0. The van der Waals surface area contributed by atoms with Crippen LogP contribution in [0, 0.1) is 5.82 Å². The Morgan fingerprint density at radius 3 is 2.52 bits per heavy atom. The molecule has 158 valence electrons. The molecule has 0 spiro atoms. The summed E-state index contributed by atoms with van der Waals surface area (Å²) in [5.41, 5.74) is 4.30. The Kier molecular flexibility index (Phi) is 7.73. The van der Waals surface area contributed by atoms with Gasteiger partial charge in [-0.2, -0.15) is 5.10 Å². The molecule has 0 saturated heterocycles. The lowest BCUT2D eigenvalue weighted by atomic mass is 10.2. The van der Waals surface area contributed by atoms with Crippen LogP contribution in [0.5, 0.6) is 5.75 Å². The lowest BCUT2D eigenvalue weighted by Gasteiger charge is -2.07. The van der Waals surface area contributed by atoms with Crippen molar-refractivity contribution in [1.82, 2.24) is 10.7 Å². The first-order valence-corrected chi connectivity index (χ1v) is 9.70. The second kappa shape index (κ2) is 10.9. The summed E-state index contributed by atoms with van der Waals surface area (Å²) in [6.07, 6.45) is 1.47. The van der Waals surface area contributed by atoms with Gasteiger partial charge in [-0.25, -0.2) is 9.82 Å². The molecule has 3 aromatic rings. The summed E-state index contributed by atoms with van der Waals surface area (Å²) in [6, 6.07) is 19.6. The van der Waals surface area contributed by atoms with Crippen molar-refractivity contribution in [3.63, 3.8) is 0 Å². The van der Waals surface area contributed by atoms with E-state index in [1.807, 2.05) is 24.3 Å². The third kappa shape index (κ3) is 7.24. The van der Waals surface area contributed by atoms with Crippen LogP contribution in [0.1, 0.15) is 21.5 Å². The summed E-state index contributed by atoms with van der Waals surface area (Å²) in [4.78, 5) is 23.7. The molecule has 31 heavy (non-hydrogen) atoms. The Bertz CT molecular complexity index is 1070. The monoisotopic (exact) mass is 439 g/mol. The van der Waals surface area contributed by atoms with Crippen molar-refractivity contribution in [2.45, 2.75) is 6.61 Å². The van der Waals surface area contributed by atoms with E-state index in [-0.39, 0.29) is 12.1 Å². The minimum absolute atomic E-state index is 0.258. The highest BCUT2D eigenvalue weighted by Gasteiger charge is 2.07. The summed E-state index contributed by atoms with van der Waals surface area (Å²) in [5, 5.41) is 6.98. The maximum absolute atomic E-state index is 12.9. The van der Waals surface area contributed by atoms with E-state index in [0.29, 0.717) is 17.4 Å². The van der Waals surface area contributed by atoms with Gasteiger partial charge in [-0.3, -0.25) is 9.59 Å². The molecule has 0 heterocycles. The number of amides is 2. The Balaban J connectivity index is 1.45. The smallest absolute Gasteiger partial charge is 0.259 e. The molecule has 3 aromatic carbocycles. The zero-order valence-electron chi connectivity index (χ0n) is 16.3. The van der Waals surface area contributed by atoms with Gasteiger partial charge in [-0.15, -0.1) is 0 Å². The normalized spacial score (nSPS) is 10.6. The zero-order valence-corrected chi connectivity index (χ0v) is 17.1. The summed E-state index contributed by atoms with van der Waals surface area (Å²) in [7, 11) is 0. The highest BCUT2D eigenvalue weighted by atomic mass is 35.5. The molecule has 6 nitrogen and oxygen atoms in total. The lowest BCUT2D eigenvalue weighted by molar-refractivity contribution is -0.120. The predicted molar refractivity (Wildman–Crippen MR) is 117 cm³/mol. The Morgan fingerprint density at radius 2 is 1.77 bits per heavy atom. The van der Waals surface area contributed by atoms with Crippen molar-refractivity contribution in [3.8, 4) is 5.75 Å². The van der Waals surface area contributed by atoms with Gasteiger partial charge < -0.3 is 10.1 Å². The van der Waals surface area contributed by atoms with Crippen LogP contribution in [0.3, 0.4) is 0 Å². The van der Waals surface area contributed by atoms with Crippen molar-refractivity contribution in [3.05, 3.63) is 100 Å². The maximum atomic E-state index is 12.9. The van der Waals surface area contributed by atoms with Crippen molar-refractivity contribution in [2.24, 2.45) is 5.10 Å². The largest absolute Gasteiger partial charge is 0.489 e. The predicted octanol–water partition coefficient (Wildman–Crippen LogP) is 3.94. The first kappa shape index (κ1) is 22.0. The van der Waals surface area contributed by atoms with Crippen molar-refractivity contribution in [2.75, 3.05) is 6.54 Å². The molecule has 0 aliphatic heterocycles. The topological polar surface area (TPSA) is 79.8 Å². The minimum Gasteiger partial charge on any atom is -0.489 e. The summed E-state index contributed by atoms with van der Waals surface area (Å²) >= 11 is 5.87. The molecule has 2 amide bonds. The number of benzene rings is 3. The van der Waals surface area contributed by atoms with Crippen LogP contribution in [0.4, 0.5) is 4.39 Å². The molecule has 0 saturated carbocycles. The molecule has 8 heteroatoms. The first-order valence-electron chi connectivity index (χ1n) is 9.32. The Labute approximate surface area is 183 Å². The van der Waals surface area contributed by atoms with Crippen LogP contribution in [-0.4, -0.2) is 24.6 Å². The molecule has 2 N–H and O–H groups in total. The van der Waals surface area contributed by atoms with Crippen LogP contribution in [0.2, 0.25) is 5.02 Å². The lowest BCUT2D eigenvalue weighted by Crippen LogP contribution is -2.34. The van der Waals surface area contributed by atoms with Gasteiger partial charge in [0.15, 0.2) is 0 Å². The van der Waals surface area contributed by atoms with Crippen molar-refractivity contribution < 1.29 is 18.7 Å². The zero-order chi connectivity index (χ0) is 22.1. The van der Waals surface area contributed by atoms with E-state index >= 15 is 0 Å². The van der Waals surface area contributed by atoms with E-state index < -0.39 is 17.6 Å². The Hall–Kier alpha value is -3.71. The van der Waals surface area contributed by atoms with E-state index in [0.717, 1.165) is 11.1 Å². The number of hydrogen-bond donors (Lipinski definition) is 2. The standard InChI is InChI=1S/C23H19ClFN3O3/c24-19-8-4-16(5-9-19)15-31-21-3-1-2-17(12-21)13-27-28-22(29)14-26-23(30)18-6-10-20(25)11-7-18/h1-13H,14-15H2,(H,26,30)(H,28,29). The molecular formula is C23H19ClFN3O3. The average molecular weight is 440 g/mol. The van der Waals surface area contributed by atoms with Crippen molar-refractivity contribution >= 4 is 29.6 Å². The summed E-state index contributed by atoms with van der Waals surface area (Å²) < 4.78 is 18.6. The van der Waals surface area contributed by atoms with Crippen molar-refractivity contribution in [1.29, 1.82) is 0 Å². The molecule has 0 aromatic heterocycles. The molecule has 0 unspecified atom stereocenters.